The molecule has 0 radical (unpaired) electrons. The monoisotopic (exact) mass is 264 g/mol. The van der Waals surface area contributed by atoms with Gasteiger partial charge in [-0.3, -0.25) is 4.79 Å². The van der Waals surface area contributed by atoms with Crippen molar-refractivity contribution in [3.63, 3.8) is 0 Å². The van der Waals surface area contributed by atoms with Gasteiger partial charge < -0.3 is 10.2 Å². The van der Waals surface area contributed by atoms with Crippen molar-refractivity contribution in [2.45, 2.75) is 39.2 Å². The summed E-state index contributed by atoms with van der Waals surface area (Å²) in [5.41, 5.74) is 1.82. The van der Waals surface area contributed by atoms with Crippen LogP contribution in [0.3, 0.4) is 0 Å². The van der Waals surface area contributed by atoms with Crippen molar-refractivity contribution in [3.05, 3.63) is 29.6 Å². The first kappa shape index (κ1) is 14.0. The normalized spacial score (nSPS) is 14.9. The Labute approximate surface area is 113 Å². The second kappa shape index (κ2) is 6.15. The van der Waals surface area contributed by atoms with Crippen molar-refractivity contribution in [2.75, 3.05) is 18.0 Å². The fraction of sp³-hybridized carbons (Fsp3) is 0.533. The zero-order valence-electron chi connectivity index (χ0n) is 11.6. The number of hydrogen-bond donors (Lipinski definition) is 1. The molecule has 0 unspecified atom stereocenters. The van der Waals surface area contributed by atoms with E-state index in [0.29, 0.717) is 25.4 Å². The van der Waals surface area contributed by atoms with Gasteiger partial charge in [0, 0.05) is 24.7 Å². The summed E-state index contributed by atoms with van der Waals surface area (Å²) in [4.78, 5) is 13.8. The van der Waals surface area contributed by atoms with E-state index in [4.69, 9.17) is 0 Å². The molecular formula is C15H21FN2O. The molecule has 1 amide bonds. The molecule has 1 N–H and O–H groups in total. The molecule has 0 fully saturated rings. The molecular weight excluding hydrogens is 243 g/mol. The van der Waals surface area contributed by atoms with Crippen LogP contribution in [0.2, 0.25) is 0 Å². The average molecular weight is 264 g/mol. The van der Waals surface area contributed by atoms with E-state index < -0.39 is 0 Å². The molecule has 104 valence electrons. The van der Waals surface area contributed by atoms with Gasteiger partial charge in [0.05, 0.1) is 0 Å². The lowest BCUT2D eigenvalue weighted by Crippen LogP contribution is -2.37. The smallest absolute Gasteiger partial charge is 0.227 e. The fourth-order valence-electron chi connectivity index (χ4n) is 2.40. The van der Waals surface area contributed by atoms with E-state index >= 15 is 0 Å². The maximum atomic E-state index is 13.2. The zero-order chi connectivity index (χ0) is 13.8. The van der Waals surface area contributed by atoms with E-state index in [-0.39, 0.29) is 11.7 Å². The molecule has 19 heavy (non-hydrogen) atoms. The second-order valence-corrected chi connectivity index (χ2v) is 5.28. The van der Waals surface area contributed by atoms with Gasteiger partial charge in [-0.05, 0) is 43.1 Å². The number of benzene rings is 1. The zero-order valence-corrected chi connectivity index (χ0v) is 11.6. The number of carbonyl (C=O) groups excluding carboxylic acids is 1. The number of carbonyl (C=O) groups is 1. The summed E-state index contributed by atoms with van der Waals surface area (Å²) >= 11 is 0. The van der Waals surface area contributed by atoms with Crippen molar-refractivity contribution in [1.82, 2.24) is 5.32 Å². The van der Waals surface area contributed by atoms with Gasteiger partial charge in [0.1, 0.15) is 5.82 Å². The highest BCUT2D eigenvalue weighted by Gasteiger charge is 2.23. The van der Waals surface area contributed by atoms with Crippen molar-refractivity contribution in [1.29, 1.82) is 0 Å². The molecule has 1 aliphatic heterocycles. The molecule has 0 aliphatic carbocycles. The van der Waals surface area contributed by atoms with E-state index in [1.54, 1.807) is 17.0 Å². The Bertz CT molecular complexity index is 459. The number of hydrogen-bond acceptors (Lipinski definition) is 2. The van der Waals surface area contributed by atoms with Crippen molar-refractivity contribution < 1.29 is 9.18 Å². The Kier molecular flexibility index (Phi) is 4.53. The lowest BCUT2D eigenvalue weighted by Gasteiger charge is -2.29. The third-order valence-electron chi connectivity index (χ3n) is 3.35. The summed E-state index contributed by atoms with van der Waals surface area (Å²) in [5, 5.41) is 3.34. The third-order valence-corrected chi connectivity index (χ3v) is 3.35. The molecule has 1 aromatic carbocycles. The summed E-state index contributed by atoms with van der Waals surface area (Å²) in [5.74, 6) is -0.0850. The fourth-order valence-corrected chi connectivity index (χ4v) is 2.40. The maximum absolute atomic E-state index is 13.2. The van der Waals surface area contributed by atoms with Crippen LogP contribution in [0.25, 0.3) is 0 Å². The number of aryl methyl sites for hydroxylation is 1. The standard InChI is InChI=1S/C15H21FN2O/c1-11(2)17-8-3-9-18-14-6-5-13(16)10-12(14)4-7-15(18)19/h5-6,10-11,17H,3-4,7-9H2,1-2H3. The molecule has 0 atom stereocenters. The van der Waals surface area contributed by atoms with Gasteiger partial charge in [-0.25, -0.2) is 4.39 Å². The molecule has 0 spiro atoms. The molecule has 3 nitrogen and oxygen atoms in total. The minimum atomic E-state index is -0.227. The SMILES string of the molecule is CC(C)NCCCN1C(=O)CCc2cc(F)ccc21. The van der Waals surface area contributed by atoms with E-state index in [9.17, 15) is 9.18 Å². The van der Waals surface area contributed by atoms with Gasteiger partial charge in [0.2, 0.25) is 5.91 Å². The van der Waals surface area contributed by atoms with Crippen LogP contribution in [-0.2, 0) is 11.2 Å². The van der Waals surface area contributed by atoms with E-state index in [2.05, 4.69) is 19.2 Å². The molecule has 4 heteroatoms. The van der Waals surface area contributed by atoms with Crippen LogP contribution >= 0.6 is 0 Å². The molecule has 0 aromatic heterocycles. The average Bonchev–Trinajstić information content (AvgIpc) is 2.36. The van der Waals surface area contributed by atoms with Gasteiger partial charge in [0.25, 0.3) is 0 Å². The van der Waals surface area contributed by atoms with Crippen LogP contribution in [0.1, 0.15) is 32.3 Å². The largest absolute Gasteiger partial charge is 0.314 e. The van der Waals surface area contributed by atoms with Gasteiger partial charge in [-0.2, -0.15) is 0 Å². The molecule has 0 bridgehead atoms. The van der Waals surface area contributed by atoms with Crippen molar-refractivity contribution in [3.8, 4) is 0 Å². The van der Waals surface area contributed by atoms with E-state index in [1.807, 2.05) is 0 Å². The molecule has 2 rings (SSSR count). The first-order valence-electron chi connectivity index (χ1n) is 6.90. The number of nitrogens with zero attached hydrogens (tertiary/aromatic N) is 1. The molecule has 1 heterocycles. The second-order valence-electron chi connectivity index (χ2n) is 5.28. The lowest BCUT2D eigenvalue weighted by atomic mass is 10.0. The Morgan fingerprint density at radius 3 is 2.89 bits per heavy atom. The molecule has 0 saturated carbocycles. The summed E-state index contributed by atoms with van der Waals surface area (Å²) in [6, 6.07) is 5.15. The van der Waals surface area contributed by atoms with E-state index in [1.165, 1.54) is 6.07 Å². The highest BCUT2D eigenvalue weighted by Crippen LogP contribution is 2.28. The number of fused-ring (bicyclic) bond motifs is 1. The van der Waals surface area contributed by atoms with E-state index in [0.717, 1.165) is 24.2 Å². The number of halogens is 1. The molecule has 1 aliphatic rings. The Morgan fingerprint density at radius 1 is 1.37 bits per heavy atom. The van der Waals surface area contributed by atoms with Crippen LogP contribution in [-0.4, -0.2) is 25.0 Å². The van der Waals surface area contributed by atoms with Crippen LogP contribution in [0.5, 0.6) is 0 Å². The summed E-state index contributed by atoms with van der Waals surface area (Å²) < 4.78 is 13.2. The van der Waals surface area contributed by atoms with Crippen LogP contribution in [0.15, 0.2) is 18.2 Å². The number of anilines is 1. The van der Waals surface area contributed by atoms with Crippen LogP contribution < -0.4 is 10.2 Å². The quantitative estimate of drug-likeness (QED) is 0.829. The highest BCUT2D eigenvalue weighted by atomic mass is 19.1. The maximum Gasteiger partial charge on any atom is 0.227 e. The summed E-state index contributed by atoms with van der Waals surface area (Å²) in [6.07, 6.45) is 2.03. The molecule has 0 saturated heterocycles. The topological polar surface area (TPSA) is 32.3 Å². The number of rotatable bonds is 5. The van der Waals surface area contributed by atoms with Gasteiger partial charge in [-0.15, -0.1) is 0 Å². The summed E-state index contributed by atoms with van der Waals surface area (Å²) in [7, 11) is 0. The minimum Gasteiger partial charge on any atom is -0.314 e. The first-order chi connectivity index (χ1) is 9.08. The molecule has 1 aromatic rings. The van der Waals surface area contributed by atoms with Crippen LogP contribution in [0, 0.1) is 5.82 Å². The summed E-state index contributed by atoms with van der Waals surface area (Å²) in [6.45, 7) is 5.78. The van der Waals surface area contributed by atoms with Gasteiger partial charge in [-0.1, -0.05) is 13.8 Å². The third kappa shape index (κ3) is 3.53. The lowest BCUT2D eigenvalue weighted by molar-refractivity contribution is -0.118. The Morgan fingerprint density at radius 2 is 2.16 bits per heavy atom. The van der Waals surface area contributed by atoms with Crippen molar-refractivity contribution in [2.24, 2.45) is 0 Å². The Balaban J connectivity index is 2.02. The first-order valence-corrected chi connectivity index (χ1v) is 6.90. The van der Waals surface area contributed by atoms with Crippen molar-refractivity contribution >= 4 is 11.6 Å². The number of amides is 1. The van der Waals surface area contributed by atoms with Gasteiger partial charge >= 0.3 is 0 Å². The van der Waals surface area contributed by atoms with Crippen LogP contribution in [0.4, 0.5) is 10.1 Å². The number of nitrogens with one attached hydrogen (secondary N) is 1. The Hall–Kier alpha value is -1.42. The van der Waals surface area contributed by atoms with Gasteiger partial charge in [0.15, 0.2) is 0 Å². The predicted molar refractivity (Wildman–Crippen MR) is 74.8 cm³/mol. The minimum absolute atomic E-state index is 0.142. The highest BCUT2D eigenvalue weighted by molar-refractivity contribution is 5.96. The predicted octanol–water partition coefficient (Wildman–Crippen LogP) is 2.49.